The number of rotatable bonds is 5. The topological polar surface area (TPSA) is 77.4 Å². The van der Waals surface area contributed by atoms with Crippen LogP contribution in [0.1, 0.15) is 37.7 Å². The largest absolute Gasteiger partial charge is 0.394 e. The SMILES string of the molecule is OC[C@@H](O)[C@H]1OC2OC3(CCCCC3)O[C@@H]2[C@H]1OCc1ccccc1. The Morgan fingerprint density at radius 2 is 1.88 bits per heavy atom. The molecule has 2 N–H and O–H groups in total. The number of benzene rings is 1. The van der Waals surface area contributed by atoms with Crippen molar-refractivity contribution in [2.75, 3.05) is 6.61 Å². The smallest absolute Gasteiger partial charge is 0.190 e. The minimum Gasteiger partial charge on any atom is -0.394 e. The quantitative estimate of drug-likeness (QED) is 0.842. The highest BCUT2D eigenvalue weighted by Crippen LogP contribution is 2.46. The maximum atomic E-state index is 10.1. The van der Waals surface area contributed by atoms with E-state index in [4.69, 9.17) is 18.9 Å². The van der Waals surface area contributed by atoms with E-state index >= 15 is 0 Å². The van der Waals surface area contributed by atoms with Gasteiger partial charge in [-0.15, -0.1) is 0 Å². The normalized spacial score (nSPS) is 35.0. The second-order valence-electron chi connectivity index (χ2n) is 7.15. The second-order valence-corrected chi connectivity index (χ2v) is 7.15. The first-order valence-corrected chi connectivity index (χ1v) is 9.16. The summed E-state index contributed by atoms with van der Waals surface area (Å²) in [5.74, 6) is -0.572. The molecule has 2 aliphatic heterocycles. The summed E-state index contributed by atoms with van der Waals surface area (Å²) in [6, 6.07) is 9.84. The molecule has 5 atom stereocenters. The number of aliphatic hydroxyl groups excluding tert-OH is 2. The van der Waals surface area contributed by atoms with Gasteiger partial charge in [0.05, 0.1) is 13.2 Å². The zero-order chi connectivity index (χ0) is 17.3. The third kappa shape index (κ3) is 3.47. The van der Waals surface area contributed by atoms with Crippen molar-refractivity contribution < 1.29 is 29.2 Å². The van der Waals surface area contributed by atoms with Crippen LogP contribution in [0.25, 0.3) is 0 Å². The third-order valence-corrected chi connectivity index (χ3v) is 5.36. The van der Waals surface area contributed by atoms with Gasteiger partial charge < -0.3 is 29.2 Å². The predicted molar refractivity (Wildman–Crippen MR) is 88.5 cm³/mol. The molecule has 1 aliphatic carbocycles. The molecule has 4 rings (SSSR count). The average Bonchev–Trinajstić information content (AvgIpc) is 3.15. The van der Waals surface area contributed by atoms with Crippen molar-refractivity contribution in [2.45, 2.75) is 75.2 Å². The van der Waals surface area contributed by atoms with Crippen LogP contribution in [0.4, 0.5) is 0 Å². The summed E-state index contributed by atoms with van der Waals surface area (Å²) >= 11 is 0. The van der Waals surface area contributed by atoms with Crippen molar-refractivity contribution in [3.8, 4) is 0 Å². The number of ether oxygens (including phenoxy) is 4. The van der Waals surface area contributed by atoms with Crippen molar-refractivity contribution in [1.29, 1.82) is 0 Å². The van der Waals surface area contributed by atoms with E-state index in [1.54, 1.807) is 0 Å². The summed E-state index contributed by atoms with van der Waals surface area (Å²) in [6.45, 7) is 0.00351. The molecule has 0 amide bonds. The summed E-state index contributed by atoms with van der Waals surface area (Å²) in [4.78, 5) is 0. The van der Waals surface area contributed by atoms with Crippen molar-refractivity contribution in [3.63, 3.8) is 0 Å². The van der Waals surface area contributed by atoms with Crippen molar-refractivity contribution in [2.24, 2.45) is 0 Å². The summed E-state index contributed by atoms with van der Waals surface area (Å²) in [5.41, 5.74) is 1.04. The van der Waals surface area contributed by atoms with Crippen LogP contribution in [0.15, 0.2) is 30.3 Å². The Morgan fingerprint density at radius 1 is 1.12 bits per heavy atom. The Kier molecular flexibility index (Phi) is 5.08. The summed E-state index contributed by atoms with van der Waals surface area (Å²) in [6.07, 6.45) is 1.99. The molecule has 2 saturated heterocycles. The number of hydrogen-bond donors (Lipinski definition) is 2. The highest BCUT2D eigenvalue weighted by molar-refractivity contribution is 5.13. The van der Waals surface area contributed by atoms with E-state index in [1.807, 2.05) is 30.3 Å². The first-order chi connectivity index (χ1) is 12.2. The van der Waals surface area contributed by atoms with Gasteiger partial charge in [0, 0.05) is 12.8 Å². The highest BCUT2D eigenvalue weighted by atomic mass is 16.8. The molecule has 1 aromatic rings. The number of hydrogen-bond acceptors (Lipinski definition) is 6. The van der Waals surface area contributed by atoms with Crippen molar-refractivity contribution in [3.05, 3.63) is 35.9 Å². The fourth-order valence-corrected chi connectivity index (χ4v) is 4.05. The molecular weight excluding hydrogens is 324 g/mol. The van der Waals surface area contributed by atoms with Crippen LogP contribution >= 0.6 is 0 Å². The lowest BCUT2D eigenvalue weighted by molar-refractivity contribution is -0.257. The van der Waals surface area contributed by atoms with Gasteiger partial charge in [0.15, 0.2) is 12.1 Å². The van der Waals surface area contributed by atoms with Crippen LogP contribution in [-0.4, -0.2) is 53.3 Å². The zero-order valence-corrected chi connectivity index (χ0v) is 14.3. The molecule has 6 heteroatoms. The molecule has 1 saturated carbocycles. The van der Waals surface area contributed by atoms with Crippen molar-refractivity contribution in [1.82, 2.24) is 0 Å². The first kappa shape index (κ1) is 17.4. The maximum Gasteiger partial charge on any atom is 0.190 e. The van der Waals surface area contributed by atoms with Crippen LogP contribution in [0, 0.1) is 0 Å². The fraction of sp³-hybridized carbons (Fsp3) is 0.684. The highest BCUT2D eigenvalue weighted by Gasteiger charge is 2.59. The van der Waals surface area contributed by atoms with Gasteiger partial charge in [0.25, 0.3) is 0 Å². The van der Waals surface area contributed by atoms with Gasteiger partial charge in [0.1, 0.15) is 24.4 Å². The molecule has 3 aliphatic rings. The molecule has 0 radical (unpaired) electrons. The lowest BCUT2D eigenvalue weighted by Crippen LogP contribution is -2.45. The molecule has 25 heavy (non-hydrogen) atoms. The molecule has 6 nitrogen and oxygen atoms in total. The Balaban J connectivity index is 1.48. The van der Waals surface area contributed by atoms with E-state index in [-0.39, 0.29) is 12.7 Å². The molecule has 0 aromatic heterocycles. The Morgan fingerprint density at radius 3 is 2.60 bits per heavy atom. The lowest BCUT2D eigenvalue weighted by atomic mass is 9.94. The molecule has 2 heterocycles. The standard InChI is InChI=1S/C19H26O6/c20-11-14(21)15-16(22-12-13-7-3-1-4-8-13)17-18(23-15)25-19(24-17)9-5-2-6-10-19/h1,3-4,7-8,14-18,20-21H,2,5-6,9-12H2/t14-,15-,16+,17-,18?/m1/s1. The predicted octanol–water partition coefficient (Wildman–Crippen LogP) is 1.73. The minimum absolute atomic E-state index is 0.381. The first-order valence-electron chi connectivity index (χ1n) is 9.16. The van der Waals surface area contributed by atoms with Crippen LogP contribution in [0.5, 0.6) is 0 Å². The van der Waals surface area contributed by atoms with Gasteiger partial charge in [0.2, 0.25) is 0 Å². The Hall–Kier alpha value is -1.02. The van der Waals surface area contributed by atoms with E-state index in [0.29, 0.717) is 6.61 Å². The lowest BCUT2D eigenvalue weighted by Gasteiger charge is -2.34. The molecular formula is C19H26O6. The van der Waals surface area contributed by atoms with Crippen LogP contribution in [0.2, 0.25) is 0 Å². The molecule has 3 fully saturated rings. The summed E-state index contributed by atoms with van der Waals surface area (Å²) in [7, 11) is 0. The Labute approximate surface area is 147 Å². The Bertz CT molecular complexity index is 558. The molecule has 138 valence electrons. The summed E-state index contributed by atoms with van der Waals surface area (Å²) < 4.78 is 24.3. The monoisotopic (exact) mass is 350 g/mol. The van der Waals surface area contributed by atoms with E-state index in [2.05, 4.69) is 0 Å². The van der Waals surface area contributed by atoms with Gasteiger partial charge in [-0.1, -0.05) is 36.8 Å². The molecule has 1 spiro atoms. The van der Waals surface area contributed by atoms with E-state index in [9.17, 15) is 10.2 Å². The van der Waals surface area contributed by atoms with Crippen LogP contribution < -0.4 is 0 Å². The van der Waals surface area contributed by atoms with Gasteiger partial charge in [-0.25, -0.2) is 0 Å². The fourth-order valence-electron chi connectivity index (χ4n) is 4.05. The van der Waals surface area contributed by atoms with Crippen LogP contribution in [0.3, 0.4) is 0 Å². The van der Waals surface area contributed by atoms with Gasteiger partial charge >= 0.3 is 0 Å². The third-order valence-electron chi connectivity index (χ3n) is 5.36. The number of fused-ring (bicyclic) bond motifs is 1. The molecule has 0 bridgehead atoms. The van der Waals surface area contributed by atoms with E-state index in [0.717, 1.165) is 31.2 Å². The van der Waals surface area contributed by atoms with Gasteiger partial charge in [-0.2, -0.15) is 0 Å². The second kappa shape index (κ2) is 7.31. The molecule has 1 aromatic carbocycles. The average molecular weight is 350 g/mol. The van der Waals surface area contributed by atoms with Gasteiger partial charge in [-0.3, -0.25) is 0 Å². The minimum atomic E-state index is -1.03. The zero-order valence-electron chi connectivity index (χ0n) is 14.3. The molecule has 1 unspecified atom stereocenters. The van der Waals surface area contributed by atoms with Crippen molar-refractivity contribution >= 4 is 0 Å². The number of aliphatic hydroxyl groups is 2. The summed E-state index contributed by atoms with van der Waals surface area (Å²) in [5, 5.41) is 19.5. The maximum absolute atomic E-state index is 10.1. The van der Waals surface area contributed by atoms with Crippen LogP contribution in [-0.2, 0) is 25.6 Å². The van der Waals surface area contributed by atoms with E-state index < -0.39 is 30.4 Å². The van der Waals surface area contributed by atoms with E-state index in [1.165, 1.54) is 6.42 Å². The van der Waals surface area contributed by atoms with Gasteiger partial charge in [-0.05, 0) is 18.4 Å².